The number of aromatic nitrogens is 1. The molecule has 1 aromatic heterocycles. The smallest absolute Gasteiger partial charge is 0.119 e. The first-order chi connectivity index (χ1) is 11.3. The normalized spacial score (nSPS) is 17.0. The van der Waals surface area contributed by atoms with Crippen molar-refractivity contribution in [2.75, 3.05) is 20.8 Å². The lowest BCUT2D eigenvalue weighted by Crippen LogP contribution is -2.30. The Hall–Kier alpha value is -2.46. The molecule has 0 amide bonds. The van der Waals surface area contributed by atoms with E-state index in [0.717, 1.165) is 30.0 Å². The van der Waals surface area contributed by atoms with Gasteiger partial charge in [-0.15, -0.1) is 0 Å². The molecule has 2 heterocycles. The van der Waals surface area contributed by atoms with Gasteiger partial charge >= 0.3 is 0 Å². The molecule has 1 atom stereocenters. The Balaban J connectivity index is 1.81. The number of benzene rings is 2. The van der Waals surface area contributed by atoms with Crippen molar-refractivity contribution in [1.82, 2.24) is 10.3 Å². The fourth-order valence-electron chi connectivity index (χ4n) is 3.41. The lowest BCUT2D eigenvalue weighted by Gasteiger charge is -2.25. The SMILES string of the molecule is COc1ccc([C@H]2NCCc3c2[nH]c2ccc(OC)cc32)cc1. The van der Waals surface area contributed by atoms with Gasteiger partial charge in [0.15, 0.2) is 0 Å². The van der Waals surface area contributed by atoms with E-state index in [1.165, 1.54) is 22.2 Å². The Morgan fingerprint density at radius 2 is 1.70 bits per heavy atom. The van der Waals surface area contributed by atoms with Crippen molar-refractivity contribution in [2.45, 2.75) is 12.5 Å². The van der Waals surface area contributed by atoms with Gasteiger partial charge in [0.25, 0.3) is 0 Å². The van der Waals surface area contributed by atoms with Crippen molar-refractivity contribution < 1.29 is 9.47 Å². The summed E-state index contributed by atoms with van der Waals surface area (Å²) in [5.41, 5.74) is 5.05. The van der Waals surface area contributed by atoms with Crippen LogP contribution >= 0.6 is 0 Å². The molecule has 0 radical (unpaired) electrons. The standard InChI is InChI=1S/C19H20N2O2/c1-22-13-5-3-12(4-6-13)18-19-15(9-10-20-18)16-11-14(23-2)7-8-17(16)21-19/h3-8,11,18,20-21H,9-10H2,1-2H3/t18-/m1/s1. The zero-order valence-electron chi connectivity index (χ0n) is 13.3. The molecule has 4 nitrogen and oxygen atoms in total. The van der Waals surface area contributed by atoms with Gasteiger partial charge in [-0.05, 0) is 47.9 Å². The van der Waals surface area contributed by atoms with Crippen LogP contribution in [0.25, 0.3) is 10.9 Å². The summed E-state index contributed by atoms with van der Waals surface area (Å²) in [6, 6.07) is 14.7. The second kappa shape index (κ2) is 5.63. The monoisotopic (exact) mass is 308 g/mol. The molecule has 0 saturated carbocycles. The van der Waals surface area contributed by atoms with E-state index >= 15 is 0 Å². The summed E-state index contributed by atoms with van der Waals surface area (Å²) in [4.78, 5) is 3.60. The maximum absolute atomic E-state index is 5.38. The van der Waals surface area contributed by atoms with Crippen LogP contribution in [0, 0.1) is 0 Å². The average molecular weight is 308 g/mol. The third-order valence-corrected chi connectivity index (χ3v) is 4.61. The summed E-state index contributed by atoms with van der Waals surface area (Å²) in [5, 5.41) is 4.88. The fourth-order valence-corrected chi connectivity index (χ4v) is 3.41. The number of H-pyrrole nitrogens is 1. The van der Waals surface area contributed by atoms with Gasteiger partial charge in [-0.3, -0.25) is 0 Å². The Morgan fingerprint density at radius 1 is 0.957 bits per heavy atom. The van der Waals surface area contributed by atoms with E-state index < -0.39 is 0 Å². The molecule has 0 saturated heterocycles. The van der Waals surface area contributed by atoms with E-state index in [-0.39, 0.29) is 6.04 Å². The number of ether oxygens (including phenoxy) is 2. The van der Waals surface area contributed by atoms with Gasteiger partial charge in [-0.2, -0.15) is 0 Å². The van der Waals surface area contributed by atoms with E-state index in [4.69, 9.17) is 9.47 Å². The third-order valence-electron chi connectivity index (χ3n) is 4.61. The molecule has 0 unspecified atom stereocenters. The largest absolute Gasteiger partial charge is 0.497 e. The van der Waals surface area contributed by atoms with Crippen molar-refractivity contribution in [3.8, 4) is 11.5 Å². The molecule has 2 N–H and O–H groups in total. The Labute approximate surface area is 135 Å². The van der Waals surface area contributed by atoms with Crippen molar-refractivity contribution in [1.29, 1.82) is 0 Å². The lowest BCUT2D eigenvalue weighted by molar-refractivity contribution is 0.414. The molecule has 3 aromatic rings. The molecule has 0 spiro atoms. The predicted octanol–water partition coefficient (Wildman–Crippen LogP) is 3.42. The fraction of sp³-hybridized carbons (Fsp3) is 0.263. The predicted molar refractivity (Wildman–Crippen MR) is 91.4 cm³/mol. The first-order valence-corrected chi connectivity index (χ1v) is 7.86. The molecule has 0 fully saturated rings. The average Bonchev–Trinajstić information content (AvgIpc) is 2.99. The van der Waals surface area contributed by atoms with Gasteiger partial charge < -0.3 is 19.8 Å². The van der Waals surface area contributed by atoms with Crippen molar-refractivity contribution in [2.24, 2.45) is 0 Å². The molecule has 1 aliphatic heterocycles. The number of hydrogen-bond acceptors (Lipinski definition) is 3. The van der Waals surface area contributed by atoms with Gasteiger partial charge in [0.1, 0.15) is 11.5 Å². The van der Waals surface area contributed by atoms with Crippen LogP contribution in [-0.2, 0) is 6.42 Å². The zero-order chi connectivity index (χ0) is 15.8. The second-order valence-electron chi connectivity index (χ2n) is 5.84. The molecular formula is C19H20N2O2. The van der Waals surface area contributed by atoms with Gasteiger partial charge in [-0.1, -0.05) is 12.1 Å². The van der Waals surface area contributed by atoms with E-state index in [1.807, 2.05) is 18.2 Å². The third kappa shape index (κ3) is 2.35. The van der Waals surface area contributed by atoms with E-state index in [0.29, 0.717) is 0 Å². The maximum atomic E-state index is 5.38. The first-order valence-electron chi connectivity index (χ1n) is 7.86. The molecule has 0 aliphatic carbocycles. The molecule has 4 heteroatoms. The summed E-state index contributed by atoms with van der Waals surface area (Å²) in [5.74, 6) is 1.78. The van der Waals surface area contributed by atoms with Crippen molar-refractivity contribution >= 4 is 10.9 Å². The molecule has 4 rings (SSSR count). The summed E-state index contributed by atoms with van der Waals surface area (Å²) in [7, 11) is 3.40. The number of nitrogens with one attached hydrogen (secondary N) is 2. The van der Waals surface area contributed by atoms with Crippen LogP contribution in [0.15, 0.2) is 42.5 Å². The number of hydrogen-bond donors (Lipinski definition) is 2. The highest BCUT2D eigenvalue weighted by Gasteiger charge is 2.25. The summed E-state index contributed by atoms with van der Waals surface area (Å²) in [6.45, 7) is 0.966. The zero-order valence-corrected chi connectivity index (χ0v) is 13.3. The summed E-state index contributed by atoms with van der Waals surface area (Å²) in [6.07, 6.45) is 1.02. The quantitative estimate of drug-likeness (QED) is 0.779. The minimum atomic E-state index is 0.183. The van der Waals surface area contributed by atoms with Crippen LogP contribution in [0.1, 0.15) is 22.9 Å². The highest BCUT2D eigenvalue weighted by Crippen LogP contribution is 2.35. The number of rotatable bonds is 3. The van der Waals surface area contributed by atoms with Crippen molar-refractivity contribution in [3.05, 3.63) is 59.3 Å². The number of methoxy groups -OCH3 is 2. The maximum Gasteiger partial charge on any atom is 0.119 e. The number of aromatic amines is 1. The van der Waals surface area contributed by atoms with E-state index in [1.54, 1.807) is 14.2 Å². The van der Waals surface area contributed by atoms with E-state index in [9.17, 15) is 0 Å². The molecule has 0 bridgehead atoms. The topological polar surface area (TPSA) is 46.3 Å². The van der Waals surface area contributed by atoms with E-state index in [2.05, 4.69) is 34.6 Å². The molecule has 118 valence electrons. The Morgan fingerprint density at radius 3 is 2.43 bits per heavy atom. The van der Waals surface area contributed by atoms with Crippen LogP contribution < -0.4 is 14.8 Å². The van der Waals surface area contributed by atoms with Crippen LogP contribution in [0.2, 0.25) is 0 Å². The number of fused-ring (bicyclic) bond motifs is 3. The van der Waals surface area contributed by atoms with Crippen LogP contribution in [0.4, 0.5) is 0 Å². The van der Waals surface area contributed by atoms with Crippen LogP contribution in [0.3, 0.4) is 0 Å². The second-order valence-corrected chi connectivity index (χ2v) is 5.84. The Bertz CT molecular complexity index is 836. The first kappa shape index (κ1) is 14.2. The van der Waals surface area contributed by atoms with Gasteiger partial charge in [0, 0.05) is 23.1 Å². The van der Waals surface area contributed by atoms with Crippen LogP contribution in [0.5, 0.6) is 11.5 Å². The summed E-state index contributed by atoms with van der Waals surface area (Å²) < 4.78 is 10.6. The minimum Gasteiger partial charge on any atom is -0.497 e. The summed E-state index contributed by atoms with van der Waals surface area (Å²) >= 11 is 0. The molecule has 2 aromatic carbocycles. The van der Waals surface area contributed by atoms with Gasteiger partial charge in [0.05, 0.1) is 20.3 Å². The highest BCUT2D eigenvalue weighted by atomic mass is 16.5. The molecule has 23 heavy (non-hydrogen) atoms. The molecule has 1 aliphatic rings. The Kier molecular flexibility index (Phi) is 3.46. The van der Waals surface area contributed by atoms with Gasteiger partial charge in [-0.25, -0.2) is 0 Å². The van der Waals surface area contributed by atoms with Crippen LogP contribution in [-0.4, -0.2) is 25.7 Å². The van der Waals surface area contributed by atoms with Gasteiger partial charge in [0.2, 0.25) is 0 Å². The highest BCUT2D eigenvalue weighted by molar-refractivity contribution is 5.86. The van der Waals surface area contributed by atoms with Crippen molar-refractivity contribution in [3.63, 3.8) is 0 Å². The lowest BCUT2D eigenvalue weighted by atomic mass is 9.94. The minimum absolute atomic E-state index is 0.183. The molecular weight excluding hydrogens is 288 g/mol.